The average Bonchev–Trinajstić information content (AvgIpc) is 2.77. The lowest BCUT2D eigenvalue weighted by Crippen LogP contribution is -2.13. The minimum absolute atomic E-state index is 0.0204. The number of nitrogens with one attached hydrogen (secondary N) is 1. The zero-order chi connectivity index (χ0) is 23.1. The van der Waals surface area contributed by atoms with E-state index in [1.165, 1.54) is 6.08 Å². The van der Waals surface area contributed by atoms with Gasteiger partial charge in [-0.1, -0.05) is 47.5 Å². The minimum atomic E-state index is -0.480. The van der Waals surface area contributed by atoms with Crippen molar-refractivity contribution in [3.8, 4) is 17.6 Å². The maximum Gasteiger partial charge on any atom is 0.266 e. The predicted molar refractivity (Wildman–Crippen MR) is 130 cm³/mol. The van der Waals surface area contributed by atoms with Crippen molar-refractivity contribution in [1.29, 1.82) is 5.26 Å². The molecule has 1 amide bonds. The predicted octanol–water partition coefficient (Wildman–Crippen LogP) is 6.20. The van der Waals surface area contributed by atoms with Gasteiger partial charge in [0.25, 0.3) is 5.91 Å². The Morgan fingerprint density at radius 3 is 2.50 bits per heavy atom. The first-order valence-electron chi connectivity index (χ1n) is 9.95. The van der Waals surface area contributed by atoms with E-state index in [0.717, 1.165) is 16.7 Å². The second-order valence-corrected chi connectivity index (χ2v) is 8.16. The summed E-state index contributed by atoms with van der Waals surface area (Å²) < 4.78 is 12.1. The number of carbonyl (C=O) groups excluding carboxylic acids is 1. The molecule has 0 bridgehead atoms. The second-order valence-electron chi connectivity index (χ2n) is 7.30. The molecule has 0 aliphatic rings. The number of hydrogen-bond donors (Lipinski definition) is 1. The van der Waals surface area contributed by atoms with Gasteiger partial charge >= 0.3 is 0 Å². The van der Waals surface area contributed by atoms with E-state index in [2.05, 4.69) is 27.3 Å². The van der Waals surface area contributed by atoms with Gasteiger partial charge in [-0.25, -0.2) is 0 Å². The number of hydrogen-bond acceptors (Lipinski definition) is 4. The van der Waals surface area contributed by atoms with Crippen molar-refractivity contribution in [2.45, 2.75) is 20.5 Å². The van der Waals surface area contributed by atoms with E-state index in [1.54, 1.807) is 31.4 Å². The Morgan fingerprint density at radius 2 is 1.84 bits per heavy atom. The molecule has 6 heteroatoms. The van der Waals surface area contributed by atoms with Gasteiger partial charge in [0.1, 0.15) is 18.2 Å². The van der Waals surface area contributed by atoms with Gasteiger partial charge in [0, 0.05) is 5.69 Å². The van der Waals surface area contributed by atoms with Crippen LogP contribution in [0.2, 0.25) is 0 Å². The van der Waals surface area contributed by atoms with Gasteiger partial charge in [-0.2, -0.15) is 5.26 Å². The third-order valence-corrected chi connectivity index (χ3v) is 5.29. The zero-order valence-electron chi connectivity index (χ0n) is 18.1. The van der Waals surface area contributed by atoms with Crippen molar-refractivity contribution < 1.29 is 14.3 Å². The molecular formula is C26H23BrN2O3. The lowest BCUT2D eigenvalue weighted by molar-refractivity contribution is -0.112. The van der Waals surface area contributed by atoms with Crippen LogP contribution in [0.5, 0.6) is 11.5 Å². The molecule has 5 nitrogen and oxygen atoms in total. The fraction of sp³-hybridized carbons (Fsp3) is 0.154. The van der Waals surface area contributed by atoms with E-state index in [0.29, 0.717) is 33.8 Å². The Hall–Kier alpha value is -3.56. The minimum Gasteiger partial charge on any atom is -0.493 e. The average molecular weight is 491 g/mol. The Balaban J connectivity index is 1.81. The van der Waals surface area contributed by atoms with Crippen molar-refractivity contribution in [2.75, 3.05) is 12.4 Å². The van der Waals surface area contributed by atoms with Crippen LogP contribution in [-0.4, -0.2) is 13.0 Å². The quantitative estimate of drug-likeness (QED) is 0.316. The number of nitriles is 1. The van der Waals surface area contributed by atoms with E-state index in [-0.39, 0.29) is 5.57 Å². The van der Waals surface area contributed by atoms with Crippen molar-refractivity contribution >= 4 is 33.6 Å². The first-order valence-corrected chi connectivity index (χ1v) is 10.7. The first kappa shape index (κ1) is 23.1. The standard InChI is InChI=1S/C26H23BrN2O3/c1-17-7-9-22(10-8-17)29-26(30)21(15-28)12-20-13-23(27)25(24(14-20)31-3)32-16-19-6-4-5-18(2)11-19/h4-14H,16H2,1-3H3,(H,29,30)/b21-12+. The van der Waals surface area contributed by atoms with Gasteiger partial charge < -0.3 is 14.8 Å². The van der Waals surface area contributed by atoms with Gasteiger partial charge in [-0.05, 0) is 71.2 Å². The number of aryl methyl sites for hydroxylation is 2. The van der Waals surface area contributed by atoms with Crippen LogP contribution in [0.3, 0.4) is 0 Å². The molecule has 0 heterocycles. The number of anilines is 1. The summed E-state index contributed by atoms with van der Waals surface area (Å²) in [6, 6.07) is 20.9. The Kier molecular flexibility index (Phi) is 7.69. The second kappa shape index (κ2) is 10.7. The van der Waals surface area contributed by atoms with Crippen LogP contribution in [0.25, 0.3) is 6.08 Å². The Bertz CT molecular complexity index is 1190. The maximum absolute atomic E-state index is 12.6. The van der Waals surface area contributed by atoms with Crippen molar-refractivity contribution in [3.63, 3.8) is 0 Å². The lowest BCUT2D eigenvalue weighted by atomic mass is 10.1. The zero-order valence-corrected chi connectivity index (χ0v) is 19.7. The molecule has 0 radical (unpaired) electrons. The van der Waals surface area contributed by atoms with Gasteiger partial charge in [-0.15, -0.1) is 0 Å². The normalized spacial score (nSPS) is 10.9. The maximum atomic E-state index is 12.6. The SMILES string of the molecule is COc1cc(/C=C(\C#N)C(=O)Nc2ccc(C)cc2)cc(Br)c1OCc1cccc(C)c1. The molecule has 0 fully saturated rings. The van der Waals surface area contributed by atoms with E-state index in [9.17, 15) is 10.1 Å². The number of carbonyl (C=O) groups is 1. The molecule has 0 saturated carbocycles. The van der Waals surface area contributed by atoms with Crippen LogP contribution in [0.4, 0.5) is 5.69 Å². The van der Waals surface area contributed by atoms with Crippen LogP contribution in [0.1, 0.15) is 22.3 Å². The summed E-state index contributed by atoms with van der Waals surface area (Å²) in [5, 5.41) is 12.3. The molecule has 162 valence electrons. The molecule has 0 spiro atoms. The third kappa shape index (κ3) is 5.99. The number of ether oxygens (including phenoxy) is 2. The third-order valence-electron chi connectivity index (χ3n) is 4.70. The summed E-state index contributed by atoms with van der Waals surface area (Å²) in [5.41, 5.74) is 4.52. The Morgan fingerprint density at radius 1 is 1.09 bits per heavy atom. The van der Waals surface area contributed by atoms with Crippen molar-refractivity contribution in [3.05, 3.63) is 93.0 Å². The molecule has 0 aromatic heterocycles. The fourth-order valence-electron chi connectivity index (χ4n) is 3.07. The summed E-state index contributed by atoms with van der Waals surface area (Å²) in [5.74, 6) is 0.564. The highest BCUT2D eigenvalue weighted by atomic mass is 79.9. The first-order chi connectivity index (χ1) is 15.4. The molecule has 0 atom stereocenters. The topological polar surface area (TPSA) is 71.3 Å². The van der Waals surface area contributed by atoms with Gasteiger partial charge in [0.2, 0.25) is 0 Å². The van der Waals surface area contributed by atoms with Crippen LogP contribution in [0, 0.1) is 25.2 Å². The molecule has 3 rings (SSSR count). The summed E-state index contributed by atoms with van der Waals surface area (Å²) in [4.78, 5) is 12.6. The van der Waals surface area contributed by atoms with Crippen LogP contribution in [-0.2, 0) is 11.4 Å². The van der Waals surface area contributed by atoms with Crippen molar-refractivity contribution in [1.82, 2.24) is 0 Å². The number of halogens is 1. The van der Waals surface area contributed by atoms with E-state index >= 15 is 0 Å². The van der Waals surface area contributed by atoms with E-state index in [4.69, 9.17) is 9.47 Å². The highest BCUT2D eigenvalue weighted by Gasteiger charge is 2.14. The van der Waals surface area contributed by atoms with Crippen LogP contribution < -0.4 is 14.8 Å². The largest absolute Gasteiger partial charge is 0.493 e. The van der Waals surface area contributed by atoms with Crippen molar-refractivity contribution in [2.24, 2.45) is 0 Å². The van der Waals surface area contributed by atoms with Gasteiger partial charge in [0.15, 0.2) is 11.5 Å². The Labute approximate surface area is 196 Å². The lowest BCUT2D eigenvalue weighted by Gasteiger charge is -2.14. The highest BCUT2D eigenvalue weighted by molar-refractivity contribution is 9.10. The smallest absolute Gasteiger partial charge is 0.266 e. The summed E-state index contributed by atoms with van der Waals surface area (Å²) in [7, 11) is 1.55. The van der Waals surface area contributed by atoms with Gasteiger partial charge in [0.05, 0.1) is 11.6 Å². The molecule has 3 aromatic rings. The molecule has 0 aliphatic carbocycles. The van der Waals surface area contributed by atoms with E-state index in [1.807, 2.05) is 50.2 Å². The number of benzene rings is 3. The summed E-state index contributed by atoms with van der Waals surface area (Å²) in [6.45, 7) is 4.38. The number of nitrogens with zero attached hydrogens (tertiary/aromatic N) is 1. The molecule has 0 saturated heterocycles. The molecule has 1 N–H and O–H groups in total. The molecule has 32 heavy (non-hydrogen) atoms. The number of methoxy groups -OCH3 is 1. The van der Waals surface area contributed by atoms with Crippen LogP contribution in [0.15, 0.2) is 70.7 Å². The summed E-state index contributed by atoms with van der Waals surface area (Å²) in [6.07, 6.45) is 1.52. The highest BCUT2D eigenvalue weighted by Crippen LogP contribution is 2.37. The molecular weight excluding hydrogens is 468 g/mol. The van der Waals surface area contributed by atoms with Crippen LogP contribution >= 0.6 is 15.9 Å². The number of rotatable bonds is 7. The fourth-order valence-corrected chi connectivity index (χ4v) is 3.65. The van der Waals surface area contributed by atoms with E-state index < -0.39 is 5.91 Å². The molecule has 0 aliphatic heterocycles. The molecule has 0 unspecified atom stereocenters. The molecule has 3 aromatic carbocycles. The monoisotopic (exact) mass is 490 g/mol. The summed E-state index contributed by atoms with van der Waals surface area (Å²) >= 11 is 3.52. The number of amides is 1. The van der Waals surface area contributed by atoms with Gasteiger partial charge in [-0.3, -0.25) is 4.79 Å².